The van der Waals surface area contributed by atoms with Gasteiger partial charge >= 0.3 is 0 Å². The Labute approximate surface area is 179 Å². The van der Waals surface area contributed by atoms with Crippen LogP contribution in [0.1, 0.15) is 5.82 Å². The van der Waals surface area contributed by atoms with Crippen molar-refractivity contribution in [3.05, 3.63) is 84.9 Å². The van der Waals surface area contributed by atoms with Crippen LogP contribution in [0, 0.1) is 0 Å². The van der Waals surface area contributed by atoms with Gasteiger partial charge in [-0.05, 0) is 24.3 Å². The van der Waals surface area contributed by atoms with Crippen molar-refractivity contribution in [3.63, 3.8) is 0 Å². The highest BCUT2D eigenvalue weighted by atomic mass is 15.4. The molecule has 0 saturated carbocycles. The molecule has 3 aromatic heterocycles. The molecule has 0 unspecified atom stereocenters. The monoisotopic (exact) mass is 405 g/mol. The van der Waals surface area contributed by atoms with E-state index in [4.69, 9.17) is 9.97 Å². The third-order valence-corrected chi connectivity index (χ3v) is 5.59. The number of anilines is 1. The van der Waals surface area contributed by atoms with E-state index in [9.17, 15) is 0 Å². The molecular weight excluding hydrogens is 386 g/mol. The van der Waals surface area contributed by atoms with E-state index in [-0.39, 0.29) is 0 Å². The number of benzene rings is 2. The van der Waals surface area contributed by atoms with Gasteiger partial charge in [0.1, 0.15) is 5.82 Å². The Balaban J connectivity index is 1.42. The van der Waals surface area contributed by atoms with Gasteiger partial charge in [0.05, 0.1) is 12.1 Å². The zero-order valence-corrected chi connectivity index (χ0v) is 16.8. The van der Waals surface area contributed by atoms with E-state index >= 15 is 0 Å². The van der Waals surface area contributed by atoms with Crippen LogP contribution in [0.5, 0.6) is 0 Å². The minimum atomic E-state index is 0.646. The lowest BCUT2D eigenvalue weighted by Gasteiger charge is -2.29. The van der Waals surface area contributed by atoms with E-state index in [0.29, 0.717) is 12.4 Å². The first kappa shape index (κ1) is 17.7. The van der Waals surface area contributed by atoms with Gasteiger partial charge in [0.25, 0.3) is 0 Å². The number of fused-ring (bicyclic) bond motifs is 2. The van der Waals surface area contributed by atoms with Crippen LogP contribution in [-0.4, -0.2) is 36.3 Å². The fourth-order valence-electron chi connectivity index (χ4n) is 4.06. The fraction of sp³-hybridized carbons (Fsp3) is 0.125. The first-order valence-electron chi connectivity index (χ1n) is 10.3. The standard InChI is InChI=1S/C24H19N7/c1-2-7-17(8-3-1)23-29-28-21-16-30(13-14-31(21)23)24-19-10-4-5-11-20(19)26-22(27-24)18-9-6-12-25-15-18/h1-12,15H,13-14,16H2. The average Bonchev–Trinajstić information content (AvgIpc) is 3.28. The lowest BCUT2D eigenvalue weighted by Crippen LogP contribution is -2.34. The topological polar surface area (TPSA) is 72.6 Å². The summed E-state index contributed by atoms with van der Waals surface area (Å²) < 4.78 is 2.21. The number of hydrogen-bond acceptors (Lipinski definition) is 6. The highest BCUT2D eigenvalue weighted by molar-refractivity contribution is 5.91. The minimum absolute atomic E-state index is 0.646. The fourth-order valence-corrected chi connectivity index (χ4v) is 4.06. The summed E-state index contributed by atoms with van der Waals surface area (Å²) >= 11 is 0. The van der Waals surface area contributed by atoms with E-state index in [1.165, 1.54) is 0 Å². The summed E-state index contributed by atoms with van der Waals surface area (Å²) in [4.78, 5) is 16.2. The first-order valence-corrected chi connectivity index (χ1v) is 10.3. The van der Waals surface area contributed by atoms with E-state index < -0.39 is 0 Å². The third-order valence-electron chi connectivity index (χ3n) is 5.59. The number of para-hydroxylation sites is 1. The number of nitrogens with zero attached hydrogens (tertiary/aromatic N) is 7. The Kier molecular flexibility index (Phi) is 4.16. The van der Waals surface area contributed by atoms with Crippen molar-refractivity contribution in [2.24, 2.45) is 0 Å². The van der Waals surface area contributed by atoms with E-state index in [1.54, 1.807) is 12.4 Å². The lowest BCUT2D eigenvalue weighted by atomic mass is 10.2. The predicted octanol–water partition coefficient (Wildman–Crippen LogP) is 3.97. The zero-order chi connectivity index (χ0) is 20.6. The van der Waals surface area contributed by atoms with Crippen LogP contribution in [0.3, 0.4) is 0 Å². The molecule has 4 heterocycles. The zero-order valence-electron chi connectivity index (χ0n) is 16.8. The van der Waals surface area contributed by atoms with Crippen LogP contribution in [0.25, 0.3) is 33.7 Å². The molecule has 0 atom stereocenters. The summed E-state index contributed by atoms with van der Waals surface area (Å²) in [5, 5.41) is 9.99. The minimum Gasteiger partial charge on any atom is -0.347 e. The van der Waals surface area contributed by atoms with Crippen molar-refractivity contribution < 1.29 is 0 Å². The number of pyridine rings is 1. The Morgan fingerprint density at radius 3 is 2.45 bits per heavy atom. The van der Waals surface area contributed by atoms with Gasteiger partial charge in [-0.3, -0.25) is 4.98 Å². The van der Waals surface area contributed by atoms with E-state index in [0.717, 1.165) is 52.6 Å². The van der Waals surface area contributed by atoms with Gasteiger partial charge in [-0.2, -0.15) is 0 Å². The van der Waals surface area contributed by atoms with Crippen molar-refractivity contribution in [1.82, 2.24) is 29.7 Å². The Morgan fingerprint density at radius 1 is 0.742 bits per heavy atom. The van der Waals surface area contributed by atoms with Crippen LogP contribution in [-0.2, 0) is 13.1 Å². The molecule has 0 N–H and O–H groups in total. The summed E-state index contributed by atoms with van der Waals surface area (Å²) in [5.74, 6) is 3.45. The number of hydrogen-bond donors (Lipinski definition) is 0. The van der Waals surface area contributed by atoms with E-state index in [2.05, 4.69) is 42.8 Å². The van der Waals surface area contributed by atoms with Crippen LogP contribution in [0.15, 0.2) is 79.1 Å². The molecule has 0 bridgehead atoms. The Morgan fingerprint density at radius 2 is 1.58 bits per heavy atom. The quantitative estimate of drug-likeness (QED) is 0.452. The molecule has 0 fully saturated rings. The van der Waals surface area contributed by atoms with Crippen molar-refractivity contribution in [2.45, 2.75) is 13.1 Å². The second-order valence-electron chi connectivity index (χ2n) is 7.51. The van der Waals surface area contributed by atoms with Gasteiger partial charge in [-0.15, -0.1) is 10.2 Å². The highest BCUT2D eigenvalue weighted by Gasteiger charge is 2.24. The molecule has 7 heteroatoms. The van der Waals surface area contributed by atoms with Gasteiger partial charge in [-0.25, -0.2) is 9.97 Å². The van der Waals surface area contributed by atoms with Crippen molar-refractivity contribution in [1.29, 1.82) is 0 Å². The van der Waals surface area contributed by atoms with E-state index in [1.807, 2.05) is 48.5 Å². The van der Waals surface area contributed by atoms with Crippen LogP contribution in [0.4, 0.5) is 5.82 Å². The maximum absolute atomic E-state index is 4.95. The Hall–Kier alpha value is -4.13. The van der Waals surface area contributed by atoms with Gasteiger partial charge in [0.15, 0.2) is 17.5 Å². The second-order valence-corrected chi connectivity index (χ2v) is 7.51. The number of rotatable bonds is 3. The molecule has 1 aliphatic rings. The van der Waals surface area contributed by atoms with Crippen molar-refractivity contribution in [2.75, 3.05) is 11.4 Å². The summed E-state index contributed by atoms with van der Waals surface area (Å²) in [6, 6.07) is 22.2. The maximum atomic E-state index is 4.95. The van der Waals surface area contributed by atoms with Gasteiger partial charge < -0.3 is 9.47 Å². The van der Waals surface area contributed by atoms with Crippen LogP contribution < -0.4 is 4.90 Å². The molecule has 0 saturated heterocycles. The highest BCUT2D eigenvalue weighted by Crippen LogP contribution is 2.30. The SMILES string of the molecule is c1ccc(-c2nnc3n2CCN(c2nc(-c4cccnc4)nc4ccccc24)C3)cc1. The molecule has 150 valence electrons. The molecule has 2 aromatic carbocycles. The maximum Gasteiger partial charge on any atom is 0.164 e. The summed E-state index contributed by atoms with van der Waals surface area (Å²) in [7, 11) is 0. The summed E-state index contributed by atoms with van der Waals surface area (Å²) in [6.07, 6.45) is 3.56. The first-order chi connectivity index (χ1) is 15.4. The molecule has 31 heavy (non-hydrogen) atoms. The molecule has 0 spiro atoms. The van der Waals surface area contributed by atoms with Crippen LogP contribution in [0.2, 0.25) is 0 Å². The largest absolute Gasteiger partial charge is 0.347 e. The third kappa shape index (κ3) is 3.11. The molecule has 1 aliphatic heterocycles. The van der Waals surface area contributed by atoms with Gasteiger partial charge in [0, 0.05) is 42.0 Å². The van der Waals surface area contributed by atoms with Crippen molar-refractivity contribution >= 4 is 16.7 Å². The molecule has 5 aromatic rings. The average molecular weight is 405 g/mol. The van der Waals surface area contributed by atoms with Gasteiger partial charge in [-0.1, -0.05) is 42.5 Å². The Bertz CT molecular complexity index is 1360. The number of aromatic nitrogens is 6. The predicted molar refractivity (Wildman–Crippen MR) is 119 cm³/mol. The second kappa shape index (κ2) is 7.28. The lowest BCUT2D eigenvalue weighted by molar-refractivity contribution is 0.561. The smallest absolute Gasteiger partial charge is 0.164 e. The van der Waals surface area contributed by atoms with Crippen LogP contribution >= 0.6 is 0 Å². The molecule has 0 aliphatic carbocycles. The normalized spacial score (nSPS) is 13.4. The summed E-state index contributed by atoms with van der Waals surface area (Å²) in [5.41, 5.74) is 2.91. The molecule has 0 amide bonds. The summed E-state index contributed by atoms with van der Waals surface area (Å²) in [6.45, 7) is 2.26. The molecular formula is C24H19N7. The molecule has 0 radical (unpaired) electrons. The molecule has 7 nitrogen and oxygen atoms in total. The van der Waals surface area contributed by atoms with Crippen molar-refractivity contribution in [3.8, 4) is 22.8 Å². The van der Waals surface area contributed by atoms with Gasteiger partial charge in [0.2, 0.25) is 0 Å². The molecule has 6 rings (SSSR count).